The first-order valence-electron chi connectivity index (χ1n) is 8.96. The summed E-state index contributed by atoms with van der Waals surface area (Å²) in [4.78, 5) is 23.1. The Bertz CT molecular complexity index is 1030. The lowest BCUT2D eigenvalue weighted by Gasteiger charge is -2.04. The Morgan fingerprint density at radius 3 is 2.59 bits per heavy atom. The van der Waals surface area contributed by atoms with Crippen LogP contribution in [0.15, 0.2) is 66.9 Å². The zero-order chi connectivity index (χ0) is 20.6. The lowest BCUT2D eigenvalue weighted by atomic mass is 10.1. The number of carbonyl (C=O) groups excluding carboxylic acids is 2. The van der Waals surface area contributed by atoms with Gasteiger partial charge >= 0.3 is 5.97 Å². The molecular weight excluding hydrogens is 390 g/mol. The third kappa shape index (κ3) is 5.56. The van der Waals surface area contributed by atoms with Gasteiger partial charge in [0.15, 0.2) is 0 Å². The first-order chi connectivity index (χ1) is 14.1. The van der Waals surface area contributed by atoms with E-state index in [1.54, 1.807) is 10.8 Å². The number of halogens is 1. The molecule has 7 heteroatoms. The van der Waals surface area contributed by atoms with Gasteiger partial charge in [0.1, 0.15) is 6.54 Å². The van der Waals surface area contributed by atoms with Crippen molar-refractivity contribution in [3.63, 3.8) is 0 Å². The second kappa shape index (κ2) is 9.71. The fourth-order valence-corrected chi connectivity index (χ4v) is 2.91. The molecule has 3 aromatic rings. The van der Waals surface area contributed by atoms with Gasteiger partial charge in [-0.15, -0.1) is 0 Å². The molecule has 0 bridgehead atoms. The predicted molar refractivity (Wildman–Crippen MR) is 112 cm³/mol. The summed E-state index contributed by atoms with van der Waals surface area (Å²) in [6.45, 7) is 0.318. The fourth-order valence-electron chi connectivity index (χ4n) is 2.72. The number of aromatic nitrogens is 2. The molecule has 0 saturated heterocycles. The van der Waals surface area contributed by atoms with Crippen molar-refractivity contribution in [1.29, 1.82) is 0 Å². The summed E-state index contributed by atoms with van der Waals surface area (Å²) in [6, 6.07) is 17.3. The van der Waals surface area contributed by atoms with E-state index in [1.807, 2.05) is 60.8 Å². The zero-order valence-corrected chi connectivity index (χ0v) is 16.6. The predicted octanol–water partition coefficient (Wildman–Crippen LogP) is 3.55. The van der Waals surface area contributed by atoms with Crippen molar-refractivity contribution in [2.45, 2.75) is 6.54 Å². The number of hydrogen-bond acceptors (Lipinski definition) is 4. The second-order valence-electron chi connectivity index (χ2n) is 6.22. The van der Waals surface area contributed by atoms with E-state index in [9.17, 15) is 9.59 Å². The van der Waals surface area contributed by atoms with Crippen molar-refractivity contribution in [3.8, 4) is 11.3 Å². The topological polar surface area (TPSA) is 73.2 Å². The summed E-state index contributed by atoms with van der Waals surface area (Å²) in [6.07, 6.45) is 4.90. The summed E-state index contributed by atoms with van der Waals surface area (Å²) in [5, 5.41) is 7.83. The molecule has 0 aliphatic rings. The summed E-state index contributed by atoms with van der Waals surface area (Å²) in [5.74, 6) is -0.905. The van der Waals surface area contributed by atoms with E-state index in [4.69, 9.17) is 11.6 Å². The largest absolute Gasteiger partial charge is 0.468 e. The van der Waals surface area contributed by atoms with E-state index in [2.05, 4.69) is 15.2 Å². The maximum Gasteiger partial charge on any atom is 0.325 e. The lowest BCUT2D eigenvalue weighted by Crippen LogP contribution is -2.28. The van der Waals surface area contributed by atoms with Crippen LogP contribution in [0.5, 0.6) is 0 Å². The molecule has 2 aromatic carbocycles. The SMILES string of the molecule is COC(=O)CNC(=O)/C=C/c1cn(Cc2ccccc2Cl)nc1-c1ccccc1. The number of ether oxygens (including phenoxy) is 1. The maximum absolute atomic E-state index is 12.0. The molecule has 0 atom stereocenters. The minimum absolute atomic E-state index is 0.184. The third-order valence-electron chi connectivity index (χ3n) is 4.18. The number of carbonyl (C=O) groups is 2. The van der Waals surface area contributed by atoms with E-state index in [0.29, 0.717) is 11.6 Å². The number of benzene rings is 2. The smallest absolute Gasteiger partial charge is 0.325 e. The molecule has 0 unspecified atom stereocenters. The highest BCUT2D eigenvalue weighted by Gasteiger charge is 2.11. The molecule has 29 heavy (non-hydrogen) atoms. The van der Waals surface area contributed by atoms with Gasteiger partial charge in [0.25, 0.3) is 0 Å². The van der Waals surface area contributed by atoms with Crippen molar-refractivity contribution in [2.75, 3.05) is 13.7 Å². The Balaban J connectivity index is 1.85. The Kier molecular flexibility index (Phi) is 6.81. The molecule has 1 amide bonds. The lowest BCUT2D eigenvalue weighted by molar-refractivity contribution is -0.140. The fraction of sp³-hybridized carbons (Fsp3) is 0.136. The van der Waals surface area contributed by atoms with Crippen molar-refractivity contribution in [1.82, 2.24) is 15.1 Å². The maximum atomic E-state index is 12.0. The Morgan fingerprint density at radius 2 is 1.86 bits per heavy atom. The molecule has 0 radical (unpaired) electrons. The van der Waals surface area contributed by atoms with Gasteiger partial charge in [-0.2, -0.15) is 5.10 Å². The number of methoxy groups -OCH3 is 1. The van der Waals surface area contributed by atoms with E-state index in [0.717, 1.165) is 22.4 Å². The van der Waals surface area contributed by atoms with E-state index < -0.39 is 11.9 Å². The standard InChI is InChI=1S/C22H20ClN3O3/c1-29-21(28)13-24-20(27)12-11-18-15-26(14-17-9-5-6-10-19(17)23)25-22(18)16-7-3-2-4-8-16/h2-12,15H,13-14H2,1H3,(H,24,27)/b12-11+. The quantitative estimate of drug-likeness (QED) is 0.478. The van der Waals surface area contributed by atoms with Crippen LogP contribution in [0, 0.1) is 0 Å². The third-order valence-corrected chi connectivity index (χ3v) is 4.55. The van der Waals surface area contributed by atoms with Crippen molar-refractivity contribution >= 4 is 29.6 Å². The molecule has 6 nitrogen and oxygen atoms in total. The molecule has 0 fully saturated rings. The molecule has 0 aliphatic carbocycles. The van der Waals surface area contributed by atoms with Crippen LogP contribution in [-0.2, 0) is 20.9 Å². The van der Waals surface area contributed by atoms with E-state index in [-0.39, 0.29) is 6.54 Å². The van der Waals surface area contributed by atoms with Crippen LogP contribution in [0.2, 0.25) is 5.02 Å². The van der Waals surface area contributed by atoms with Gasteiger partial charge in [-0.3, -0.25) is 14.3 Å². The second-order valence-corrected chi connectivity index (χ2v) is 6.62. The summed E-state index contributed by atoms with van der Waals surface area (Å²) < 4.78 is 6.30. The van der Waals surface area contributed by atoms with Gasteiger partial charge in [0.2, 0.25) is 5.91 Å². The Morgan fingerprint density at radius 1 is 1.14 bits per heavy atom. The van der Waals surface area contributed by atoms with Crippen LogP contribution in [0.1, 0.15) is 11.1 Å². The minimum atomic E-state index is -0.510. The molecule has 3 rings (SSSR count). The van der Waals surface area contributed by atoms with Crippen LogP contribution in [-0.4, -0.2) is 35.3 Å². The number of hydrogen-bond donors (Lipinski definition) is 1. The van der Waals surface area contributed by atoms with Crippen LogP contribution >= 0.6 is 11.6 Å². The Labute approximate surface area is 173 Å². The van der Waals surface area contributed by atoms with Crippen molar-refractivity contribution in [3.05, 3.63) is 83.0 Å². The van der Waals surface area contributed by atoms with Crippen LogP contribution in [0.3, 0.4) is 0 Å². The summed E-state index contributed by atoms with van der Waals surface area (Å²) in [7, 11) is 1.27. The molecule has 0 spiro atoms. The molecule has 1 N–H and O–H groups in total. The van der Waals surface area contributed by atoms with E-state index in [1.165, 1.54) is 13.2 Å². The average Bonchev–Trinajstić information content (AvgIpc) is 3.15. The van der Waals surface area contributed by atoms with Gasteiger partial charge in [-0.25, -0.2) is 0 Å². The van der Waals surface area contributed by atoms with Gasteiger partial charge in [0.05, 0.1) is 19.3 Å². The molecule has 148 valence electrons. The Hall–Kier alpha value is -3.38. The highest BCUT2D eigenvalue weighted by molar-refractivity contribution is 6.31. The highest BCUT2D eigenvalue weighted by atomic mass is 35.5. The first-order valence-corrected chi connectivity index (χ1v) is 9.33. The van der Waals surface area contributed by atoms with Gasteiger partial charge in [-0.05, 0) is 17.7 Å². The number of nitrogens with one attached hydrogen (secondary N) is 1. The number of rotatable bonds is 7. The van der Waals surface area contributed by atoms with Crippen molar-refractivity contribution < 1.29 is 14.3 Å². The monoisotopic (exact) mass is 409 g/mol. The normalized spacial score (nSPS) is 10.8. The molecule has 1 aromatic heterocycles. The number of amides is 1. The molecule has 0 aliphatic heterocycles. The summed E-state index contributed by atoms with van der Waals surface area (Å²) in [5.41, 5.74) is 3.40. The van der Waals surface area contributed by atoms with Crippen LogP contribution in [0.25, 0.3) is 17.3 Å². The van der Waals surface area contributed by atoms with Crippen LogP contribution in [0.4, 0.5) is 0 Å². The van der Waals surface area contributed by atoms with E-state index >= 15 is 0 Å². The molecule has 0 saturated carbocycles. The molecule has 1 heterocycles. The summed E-state index contributed by atoms with van der Waals surface area (Å²) >= 11 is 6.27. The molecular formula is C22H20ClN3O3. The number of esters is 1. The highest BCUT2D eigenvalue weighted by Crippen LogP contribution is 2.24. The van der Waals surface area contributed by atoms with Gasteiger partial charge < -0.3 is 10.1 Å². The first kappa shape index (κ1) is 20.4. The number of nitrogens with zero attached hydrogens (tertiary/aromatic N) is 2. The minimum Gasteiger partial charge on any atom is -0.468 e. The zero-order valence-electron chi connectivity index (χ0n) is 15.8. The van der Waals surface area contributed by atoms with Crippen molar-refractivity contribution in [2.24, 2.45) is 0 Å². The van der Waals surface area contributed by atoms with Gasteiger partial charge in [0, 0.05) is 28.4 Å². The average molecular weight is 410 g/mol. The van der Waals surface area contributed by atoms with Gasteiger partial charge in [-0.1, -0.05) is 60.1 Å². The van der Waals surface area contributed by atoms with Crippen LogP contribution < -0.4 is 5.32 Å².